The van der Waals surface area contributed by atoms with Crippen LogP contribution >= 0.6 is 0 Å². The number of rotatable bonds is 6. The Morgan fingerprint density at radius 1 is 0.962 bits per heavy atom. The molecular formula is C22H26N4. The third-order valence-corrected chi connectivity index (χ3v) is 5.13. The quantitative estimate of drug-likeness (QED) is 0.579. The molecule has 134 valence electrons. The first-order valence-corrected chi connectivity index (χ1v) is 9.20. The molecule has 0 saturated heterocycles. The number of likely N-dealkylation sites (N-methyl/N-ethyl adjacent to an activating group) is 2. The Kier molecular flexibility index (Phi) is 4.62. The molecule has 4 rings (SSSR count). The van der Waals surface area contributed by atoms with E-state index in [1.165, 1.54) is 33.5 Å². The van der Waals surface area contributed by atoms with Gasteiger partial charge in [-0.05, 0) is 32.3 Å². The van der Waals surface area contributed by atoms with Crippen molar-refractivity contribution in [2.24, 2.45) is 0 Å². The van der Waals surface area contributed by atoms with Crippen LogP contribution in [0.15, 0.2) is 48.5 Å². The summed E-state index contributed by atoms with van der Waals surface area (Å²) >= 11 is 0. The molecule has 0 aliphatic heterocycles. The maximum atomic E-state index is 4.61. The third kappa shape index (κ3) is 3.30. The highest BCUT2D eigenvalue weighted by Crippen LogP contribution is 2.39. The number of aromatic amines is 1. The van der Waals surface area contributed by atoms with Gasteiger partial charge < -0.3 is 9.80 Å². The van der Waals surface area contributed by atoms with E-state index in [-0.39, 0.29) is 0 Å². The zero-order valence-corrected chi connectivity index (χ0v) is 15.8. The lowest BCUT2D eigenvalue weighted by molar-refractivity contribution is 0.276. The lowest BCUT2D eigenvalue weighted by atomic mass is 10.0. The first-order chi connectivity index (χ1) is 12.6. The van der Waals surface area contributed by atoms with Crippen molar-refractivity contribution >= 4 is 0 Å². The molecule has 4 heteroatoms. The van der Waals surface area contributed by atoms with E-state index >= 15 is 0 Å². The highest BCUT2D eigenvalue weighted by atomic mass is 15.1. The molecule has 3 aromatic rings. The van der Waals surface area contributed by atoms with E-state index < -0.39 is 0 Å². The van der Waals surface area contributed by atoms with Gasteiger partial charge >= 0.3 is 0 Å². The fourth-order valence-corrected chi connectivity index (χ4v) is 3.64. The van der Waals surface area contributed by atoms with Crippen LogP contribution in [0.1, 0.15) is 16.7 Å². The molecule has 0 radical (unpaired) electrons. The normalized spacial score (nSPS) is 12.7. The number of benzene rings is 2. The van der Waals surface area contributed by atoms with Crippen molar-refractivity contribution in [1.29, 1.82) is 0 Å². The van der Waals surface area contributed by atoms with E-state index in [1.54, 1.807) is 0 Å². The van der Waals surface area contributed by atoms with Crippen LogP contribution in [0.5, 0.6) is 0 Å². The van der Waals surface area contributed by atoms with Crippen LogP contribution in [0.3, 0.4) is 0 Å². The van der Waals surface area contributed by atoms with Gasteiger partial charge in [-0.25, -0.2) is 0 Å². The van der Waals surface area contributed by atoms with Gasteiger partial charge in [-0.3, -0.25) is 5.10 Å². The van der Waals surface area contributed by atoms with Gasteiger partial charge in [-0.1, -0.05) is 48.5 Å². The number of fused-ring (bicyclic) bond motifs is 3. The zero-order valence-electron chi connectivity index (χ0n) is 15.8. The molecule has 0 fully saturated rings. The average Bonchev–Trinajstić information content (AvgIpc) is 3.20. The van der Waals surface area contributed by atoms with Crippen LogP contribution in [0, 0.1) is 0 Å². The fourth-order valence-electron chi connectivity index (χ4n) is 3.64. The number of hydrogen-bond acceptors (Lipinski definition) is 3. The van der Waals surface area contributed by atoms with Gasteiger partial charge in [0.1, 0.15) is 0 Å². The highest BCUT2D eigenvalue weighted by molar-refractivity contribution is 5.80. The van der Waals surface area contributed by atoms with Gasteiger partial charge in [0.15, 0.2) is 0 Å². The minimum Gasteiger partial charge on any atom is -0.308 e. The molecule has 1 aliphatic carbocycles. The molecule has 0 atom stereocenters. The maximum absolute atomic E-state index is 4.61. The van der Waals surface area contributed by atoms with Crippen LogP contribution in [0.4, 0.5) is 0 Å². The van der Waals surface area contributed by atoms with E-state index in [1.807, 2.05) is 0 Å². The van der Waals surface area contributed by atoms with Crippen LogP contribution < -0.4 is 0 Å². The van der Waals surface area contributed by atoms with Crippen molar-refractivity contribution in [3.8, 4) is 22.5 Å². The number of nitrogens with zero attached hydrogens (tertiary/aromatic N) is 3. The van der Waals surface area contributed by atoms with Gasteiger partial charge in [0, 0.05) is 42.7 Å². The Bertz CT molecular complexity index is 893. The summed E-state index contributed by atoms with van der Waals surface area (Å²) in [7, 11) is 6.40. The second-order valence-corrected chi connectivity index (χ2v) is 7.50. The first kappa shape index (κ1) is 17.0. The molecular weight excluding hydrogens is 320 g/mol. The minimum atomic E-state index is 0.965. The molecule has 0 saturated carbocycles. The monoisotopic (exact) mass is 346 g/mol. The van der Waals surface area contributed by atoms with Gasteiger partial charge in [0.2, 0.25) is 0 Å². The van der Waals surface area contributed by atoms with Crippen LogP contribution in [-0.4, -0.2) is 54.2 Å². The van der Waals surface area contributed by atoms with Gasteiger partial charge in [-0.2, -0.15) is 5.10 Å². The Hall–Kier alpha value is -2.43. The van der Waals surface area contributed by atoms with E-state index in [2.05, 4.69) is 89.7 Å². The maximum Gasteiger partial charge on any atom is 0.0962 e. The standard InChI is InChI=1S/C22H26N4/c1-25(2)12-13-26(3)15-16-8-10-17(11-9-16)21-20-14-18-6-4-5-7-19(18)22(20)24-23-21/h4-11H,12-15H2,1-3H3,(H,23,24). The summed E-state index contributed by atoms with van der Waals surface area (Å²) in [5.41, 5.74) is 8.80. The topological polar surface area (TPSA) is 35.2 Å². The van der Waals surface area contributed by atoms with Crippen molar-refractivity contribution in [1.82, 2.24) is 20.0 Å². The van der Waals surface area contributed by atoms with Crippen LogP contribution in [-0.2, 0) is 13.0 Å². The number of aromatic nitrogens is 2. The van der Waals surface area contributed by atoms with Crippen molar-refractivity contribution in [2.45, 2.75) is 13.0 Å². The second kappa shape index (κ2) is 7.06. The van der Waals surface area contributed by atoms with E-state index in [0.717, 1.165) is 31.7 Å². The largest absolute Gasteiger partial charge is 0.308 e. The molecule has 1 aliphatic rings. The lowest BCUT2D eigenvalue weighted by Crippen LogP contribution is -2.28. The van der Waals surface area contributed by atoms with Crippen LogP contribution in [0.25, 0.3) is 22.5 Å². The first-order valence-electron chi connectivity index (χ1n) is 9.20. The number of hydrogen-bond donors (Lipinski definition) is 1. The third-order valence-electron chi connectivity index (χ3n) is 5.13. The van der Waals surface area contributed by atoms with Crippen molar-refractivity contribution in [2.75, 3.05) is 34.2 Å². The van der Waals surface area contributed by atoms with Gasteiger partial charge in [0.25, 0.3) is 0 Å². The average molecular weight is 346 g/mol. The zero-order chi connectivity index (χ0) is 18.1. The van der Waals surface area contributed by atoms with E-state index in [0.29, 0.717) is 0 Å². The van der Waals surface area contributed by atoms with Crippen molar-refractivity contribution in [3.63, 3.8) is 0 Å². The lowest BCUT2D eigenvalue weighted by Gasteiger charge is -2.19. The summed E-state index contributed by atoms with van der Waals surface area (Å²) in [5.74, 6) is 0. The Labute approximate surface area is 155 Å². The molecule has 0 spiro atoms. The van der Waals surface area contributed by atoms with Gasteiger partial charge in [0.05, 0.1) is 11.4 Å². The summed E-state index contributed by atoms with van der Waals surface area (Å²) in [4.78, 5) is 4.58. The summed E-state index contributed by atoms with van der Waals surface area (Å²) < 4.78 is 0. The van der Waals surface area contributed by atoms with Crippen molar-refractivity contribution in [3.05, 3.63) is 65.2 Å². The van der Waals surface area contributed by atoms with E-state index in [4.69, 9.17) is 0 Å². The predicted molar refractivity (Wildman–Crippen MR) is 107 cm³/mol. The summed E-state index contributed by atoms with van der Waals surface area (Å²) in [6, 6.07) is 17.4. The molecule has 26 heavy (non-hydrogen) atoms. The second-order valence-electron chi connectivity index (χ2n) is 7.50. The van der Waals surface area contributed by atoms with E-state index in [9.17, 15) is 0 Å². The fraction of sp³-hybridized carbons (Fsp3) is 0.318. The number of nitrogens with one attached hydrogen (secondary N) is 1. The minimum absolute atomic E-state index is 0.965. The molecule has 0 amide bonds. The number of H-pyrrole nitrogens is 1. The summed E-state index contributed by atoms with van der Waals surface area (Å²) in [5, 5.41) is 7.86. The molecule has 4 nitrogen and oxygen atoms in total. The SMILES string of the molecule is CN(C)CCN(C)Cc1ccc(-c2n[nH]c3c2Cc2ccccc2-3)cc1. The van der Waals surface area contributed by atoms with Crippen LogP contribution in [0.2, 0.25) is 0 Å². The van der Waals surface area contributed by atoms with Crippen molar-refractivity contribution < 1.29 is 0 Å². The molecule has 0 bridgehead atoms. The molecule has 1 N–H and O–H groups in total. The Balaban J connectivity index is 1.50. The molecule has 1 aromatic heterocycles. The smallest absolute Gasteiger partial charge is 0.0962 e. The highest BCUT2D eigenvalue weighted by Gasteiger charge is 2.24. The molecule has 0 unspecified atom stereocenters. The Morgan fingerprint density at radius 3 is 2.50 bits per heavy atom. The van der Waals surface area contributed by atoms with Gasteiger partial charge in [-0.15, -0.1) is 0 Å². The molecule has 2 aromatic carbocycles. The summed E-state index contributed by atoms with van der Waals surface area (Å²) in [6.07, 6.45) is 0.965. The predicted octanol–water partition coefficient (Wildman–Crippen LogP) is 3.64. The Morgan fingerprint density at radius 2 is 1.73 bits per heavy atom. The summed E-state index contributed by atoms with van der Waals surface area (Å²) in [6.45, 7) is 3.12. The molecule has 1 heterocycles.